The molecule has 0 bridgehead atoms. The number of hydrogen-bond donors (Lipinski definition) is 1. The number of anilines is 1. The van der Waals surface area contributed by atoms with Gasteiger partial charge in [-0.15, -0.1) is 0 Å². The van der Waals surface area contributed by atoms with Crippen LogP contribution in [0.3, 0.4) is 0 Å². The summed E-state index contributed by atoms with van der Waals surface area (Å²) in [4.78, 5) is 31.8. The molecule has 1 aliphatic heterocycles. The molecule has 1 heterocycles. The number of aliphatic imine (C=N–C) groups is 1. The van der Waals surface area contributed by atoms with Crippen LogP contribution in [0.15, 0.2) is 47.5 Å². The second-order valence-electron chi connectivity index (χ2n) is 7.47. The minimum absolute atomic E-state index is 0.0516. The fourth-order valence-corrected chi connectivity index (χ4v) is 4.40. The molecule has 7 heteroatoms. The van der Waals surface area contributed by atoms with E-state index in [1.54, 1.807) is 4.90 Å². The number of halogens is 1. The molecular weight excluding hydrogens is 389 g/mol. The fraction of sp³-hybridized carbons (Fsp3) is 0.318. The van der Waals surface area contributed by atoms with Crippen LogP contribution in [-0.2, 0) is 9.59 Å². The van der Waals surface area contributed by atoms with E-state index in [-0.39, 0.29) is 30.1 Å². The van der Waals surface area contributed by atoms with E-state index in [9.17, 15) is 14.0 Å². The highest BCUT2D eigenvalue weighted by molar-refractivity contribution is 8.15. The van der Waals surface area contributed by atoms with Gasteiger partial charge in [-0.25, -0.2) is 9.38 Å². The van der Waals surface area contributed by atoms with E-state index in [1.165, 1.54) is 41.6 Å². The summed E-state index contributed by atoms with van der Waals surface area (Å²) >= 11 is 1.35. The first kappa shape index (κ1) is 19.6. The number of benzene rings is 2. The molecule has 0 unspecified atom stereocenters. The van der Waals surface area contributed by atoms with Crippen LogP contribution in [0.5, 0.6) is 0 Å². The summed E-state index contributed by atoms with van der Waals surface area (Å²) in [7, 11) is 0. The maximum absolute atomic E-state index is 13.0. The molecule has 2 aromatic carbocycles. The number of nitrogens with zero attached hydrogens (tertiary/aromatic N) is 2. The quantitative estimate of drug-likeness (QED) is 0.784. The summed E-state index contributed by atoms with van der Waals surface area (Å²) in [6.07, 6.45) is 1.98. The van der Waals surface area contributed by atoms with E-state index < -0.39 is 5.25 Å². The van der Waals surface area contributed by atoms with Gasteiger partial charge in [0.05, 0.1) is 5.69 Å². The second-order valence-corrected chi connectivity index (χ2v) is 8.64. The van der Waals surface area contributed by atoms with Crippen molar-refractivity contribution in [1.29, 1.82) is 0 Å². The van der Waals surface area contributed by atoms with Gasteiger partial charge in [0, 0.05) is 18.2 Å². The van der Waals surface area contributed by atoms with Gasteiger partial charge in [-0.05, 0) is 74.2 Å². The maximum atomic E-state index is 13.0. The number of amides is 2. The highest BCUT2D eigenvalue weighted by Gasteiger charge is 2.46. The number of carbonyl (C=O) groups is 2. The highest BCUT2D eigenvalue weighted by atomic mass is 32.2. The molecule has 5 nitrogen and oxygen atoms in total. The molecule has 0 radical (unpaired) electrons. The zero-order valence-electron chi connectivity index (χ0n) is 16.3. The number of rotatable bonds is 5. The predicted octanol–water partition coefficient (Wildman–Crippen LogP) is 4.57. The van der Waals surface area contributed by atoms with Crippen LogP contribution in [0.4, 0.5) is 15.8 Å². The molecule has 4 rings (SSSR count). The normalized spacial score (nSPS) is 20.4. The van der Waals surface area contributed by atoms with Crippen LogP contribution in [0.25, 0.3) is 0 Å². The van der Waals surface area contributed by atoms with Crippen LogP contribution in [0.2, 0.25) is 0 Å². The first-order chi connectivity index (χ1) is 13.9. The van der Waals surface area contributed by atoms with Gasteiger partial charge < -0.3 is 5.32 Å². The fourth-order valence-electron chi connectivity index (χ4n) is 3.18. The molecule has 1 atom stereocenters. The SMILES string of the molecule is Cc1ccc(N=C2S[C@@H](CC(=O)Nc3ccc(F)cc3)C(=O)N2C2CC2)cc1C. The molecule has 2 amide bonds. The van der Waals surface area contributed by atoms with E-state index in [1.807, 2.05) is 32.0 Å². The number of aryl methyl sites for hydroxylation is 2. The van der Waals surface area contributed by atoms with Crippen molar-refractivity contribution in [1.82, 2.24) is 4.90 Å². The van der Waals surface area contributed by atoms with Gasteiger partial charge in [0.25, 0.3) is 0 Å². The molecular formula is C22H22FN3O2S. The summed E-state index contributed by atoms with van der Waals surface area (Å²) in [5.41, 5.74) is 3.66. The van der Waals surface area contributed by atoms with Crippen LogP contribution in [0, 0.1) is 19.7 Å². The van der Waals surface area contributed by atoms with E-state index >= 15 is 0 Å². The van der Waals surface area contributed by atoms with E-state index in [0.29, 0.717) is 10.9 Å². The lowest BCUT2D eigenvalue weighted by Crippen LogP contribution is -2.35. The third-order valence-corrected chi connectivity index (χ3v) is 6.24. The Hall–Kier alpha value is -2.67. The van der Waals surface area contributed by atoms with Crippen molar-refractivity contribution in [2.24, 2.45) is 4.99 Å². The minimum atomic E-state index is -0.499. The molecule has 1 N–H and O–H groups in total. The van der Waals surface area contributed by atoms with Crippen LogP contribution >= 0.6 is 11.8 Å². The molecule has 0 spiro atoms. The van der Waals surface area contributed by atoms with Crippen molar-refractivity contribution in [2.75, 3.05) is 5.32 Å². The predicted molar refractivity (Wildman–Crippen MR) is 114 cm³/mol. The second kappa shape index (κ2) is 7.99. The van der Waals surface area contributed by atoms with Gasteiger partial charge in [-0.2, -0.15) is 0 Å². The van der Waals surface area contributed by atoms with Gasteiger partial charge in [-0.1, -0.05) is 17.8 Å². The molecule has 2 aromatic rings. The summed E-state index contributed by atoms with van der Waals surface area (Å²) in [5.74, 6) is -0.697. The standard InChI is InChI=1S/C22H22FN3O2S/c1-13-3-6-17(11-14(13)2)25-22-26(18-9-10-18)21(28)19(29-22)12-20(27)24-16-7-4-15(23)5-8-16/h3-8,11,18-19H,9-10,12H2,1-2H3,(H,24,27)/t19-/m0/s1. The summed E-state index contributed by atoms with van der Waals surface area (Å²) in [6, 6.07) is 11.7. The van der Waals surface area contributed by atoms with Gasteiger partial charge in [-0.3, -0.25) is 14.5 Å². The molecule has 0 aromatic heterocycles. The highest BCUT2D eigenvalue weighted by Crippen LogP contribution is 2.39. The third kappa shape index (κ3) is 4.50. The Morgan fingerprint density at radius 2 is 1.90 bits per heavy atom. The van der Waals surface area contributed by atoms with Crippen molar-refractivity contribution in [2.45, 2.75) is 44.4 Å². The smallest absolute Gasteiger partial charge is 0.242 e. The van der Waals surface area contributed by atoms with Crippen molar-refractivity contribution in [3.05, 3.63) is 59.4 Å². The van der Waals surface area contributed by atoms with E-state index in [0.717, 1.165) is 24.1 Å². The van der Waals surface area contributed by atoms with E-state index in [2.05, 4.69) is 5.32 Å². The van der Waals surface area contributed by atoms with Gasteiger partial charge >= 0.3 is 0 Å². The van der Waals surface area contributed by atoms with Crippen molar-refractivity contribution >= 4 is 40.1 Å². The van der Waals surface area contributed by atoms with Crippen molar-refractivity contribution in [3.8, 4) is 0 Å². The lowest BCUT2D eigenvalue weighted by atomic mass is 10.1. The average molecular weight is 412 g/mol. The van der Waals surface area contributed by atoms with Crippen LogP contribution in [-0.4, -0.2) is 33.2 Å². The first-order valence-electron chi connectivity index (χ1n) is 9.62. The Morgan fingerprint density at radius 1 is 1.17 bits per heavy atom. The summed E-state index contributed by atoms with van der Waals surface area (Å²) < 4.78 is 13.0. The largest absolute Gasteiger partial charge is 0.326 e. The van der Waals surface area contributed by atoms with Gasteiger partial charge in [0.1, 0.15) is 11.1 Å². The zero-order valence-corrected chi connectivity index (χ0v) is 17.1. The molecule has 1 aliphatic carbocycles. The molecule has 2 fully saturated rings. The number of nitrogens with one attached hydrogen (secondary N) is 1. The number of carbonyl (C=O) groups excluding carboxylic acids is 2. The lowest BCUT2D eigenvalue weighted by molar-refractivity contribution is -0.128. The molecule has 1 saturated heterocycles. The van der Waals surface area contributed by atoms with Crippen molar-refractivity contribution in [3.63, 3.8) is 0 Å². The Balaban J connectivity index is 1.49. The average Bonchev–Trinajstić information content (AvgIpc) is 3.46. The van der Waals surface area contributed by atoms with Crippen molar-refractivity contribution < 1.29 is 14.0 Å². The minimum Gasteiger partial charge on any atom is -0.326 e. The number of thioether (sulfide) groups is 1. The Morgan fingerprint density at radius 3 is 2.55 bits per heavy atom. The van der Waals surface area contributed by atoms with Crippen LogP contribution < -0.4 is 5.32 Å². The summed E-state index contributed by atoms with van der Waals surface area (Å²) in [5, 5.41) is 2.89. The number of amidine groups is 1. The zero-order chi connectivity index (χ0) is 20.5. The first-order valence-corrected chi connectivity index (χ1v) is 10.5. The van der Waals surface area contributed by atoms with Gasteiger partial charge in [0.2, 0.25) is 11.8 Å². The Labute approximate surface area is 173 Å². The van der Waals surface area contributed by atoms with E-state index in [4.69, 9.17) is 4.99 Å². The third-order valence-electron chi connectivity index (χ3n) is 5.09. The van der Waals surface area contributed by atoms with Crippen LogP contribution in [0.1, 0.15) is 30.4 Å². The topological polar surface area (TPSA) is 61.8 Å². The van der Waals surface area contributed by atoms with Gasteiger partial charge in [0.15, 0.2) is 5.17 Å². The summed E-state index contributed by atoms with van der Waals surface area (Å²) in [6.45, 7) is 4.08. The molecule has 29 heavy (non-hydrogen) atoms. The Bertz CT molecular complexity index is 986. The number of hydrogen-bond acceptors (Lipinski definition) is 4. The molecule has 150 valence electrons. The molecule has 1 saturated carbocycles. The maximum Gasteiger partial charge on any atom is 0.242 e. The Kier molecular flexibility index (Phi) is 5.41. The lowest BCUT2D eigenvalue weighted by Gasteiger charge is -2.15. The monoisotopic (exact) mass is 411 g/mol. The molecule has 2 aliphatic rings.